The Bertz CT molecular complexity index is 1350. The fourth-order valence-corrected chi connectivity index (χ4v) is 5.07. The molecular formula is C30H36F3N5O5. The second kappa shape index (κ2) is 14.2. The van der Waals surface area contributed by atoms with E-state index in [2.05, 4.69) is 10.1 Å². The first-order valence-electron chi connectivity index (χ1n) is 14.0. The van der Waals surface area contributed by atoms with Crippen molar-refractivity contribution in [3.05, 3.63) is 65.2 Å². The summed E-state index contributed by atoms with van der Waals surface area (Å²) in [5, 5.41) is 9.97. The van der Waals surface area contributed by atoms with Gasteiger partial charge in [-0.05, 0) is 63.3 Å². The molecule has 1 heterocycles. The Morgan fingerprint density at radius 3 is 2.33 bits per heavy atom. The van der Waals surface area contributed by atoms with Crippen LogP contribution >= 0.6 is 0 Å². The normalized spacial score (nSPS) is 16.0. The number of nitrogens with one attached hydrogen (secondary N) is 2. The predicted molar refractivity (Wildman–Crippen MR) is 153 cm³/mol. The highest BCUT2D eigenvalue weighted by molar-refractivity contribution is 6.11. The lowest BCUT2D eigenvalue weighted by atomic mass is 10.00. The lowest BCUT2D eigenvalue weighted by Crippen LogP contribution is -2.48. The number of aryl methyl sites for hydroxylation is 1. The van der Waals surface area contributed by atoms with Crippen molar-refractivity contribution in [3.8, 4) is 0 Å². The van der Waals surface area contributed by atoms with Gasteiger partial charge in [-0.2, -0.15) is 13.2 Å². The van der Waals surface area contributed by atoms with E-state index in [1.807, 2.05) is 6.07 Å². The first kappa shape index (κ1) is 33.1. The van der Waals surface area contributed by atoms with Crippen LogP contribution in [0.15, 0.2) is 48.5 Å². The van der Waals surface area contributed by atoms with Gasteiger partial charge in [0, 0.05) is 18.6 Å². The number of carbonyl (C=O) groups excluding carboxylic acids is 4. The van der Waals surface area contributed by atoms with Gasteiger partial charge in [0.2, 0.25) is 0 Å². The van der Waals surface area contributed by atoms with Gasteiger partial charge in [0.15, 0.2) is 5.96 Å². The minimum Gasteiger partial charge on any atom is -0.386 e. The first-order chi connectivity index (χ1) is 20.2. The zero-order chi connectivity index (χ0) is 31.9. The van der Waals surface area contributed by atoms with Gasteiger partial charge in [-0.15, -0.1) is 0 Å². The van der Waals surface area contributed by atoms with Gasteiger partial charge < -0.3 is 25.6 Å². The van der Waals surface area contributed by atoms with E-state index < -0.39 is 48.4 Å². The number of amides is 2. The Kier molecular flexibility index (Phi) is 10.9. The smallest absolute Gasteiger partial charge is 0.386 e. The molecule has 2 unspecified atom stereocenters. The van der Waals surface area contributed by atoms with Gasteiger partial charge in [0.1, 0.15) is 6.04 Å². The average Bonchev–Trinajstić information content (AvgIpc) is 3.02. The molecule has 2 aromatic rings. The predicted octanol–water partition coefficient (Wildman–Crippen LogP) is 4.23. The van der Waals surface area contributed by atoms with E-state index in [4.69, 9.17) is 11.1 Å². The Morgan fingerprint density at radius 2 is 1.72 bits per heavy atom. The van der Waals surface area contributed by atoms with E-state index in [1.54, 1.807) is 56.3 Å². The minimum absolute atomic E-state index is 0.0960. The molecule has 1 aliphatic rings. The van der Waals surface area contributed by atoms with Gasteiger partial charge in [0.05, 0.1) is 17.7 Å². The topological polar surface area (TPSA) is 146 Å². The van der Waals surface area contributed by atoms with Gasteiger partial charge >= 0.3 is 18.1 Å². The molecule has 1 aliphatic heterocycles. The van der Waals surface area contributed by atoms with Crippen LogP contribution in [-0.2, 0) is 25.5 Å². The lowest BCUT2D eigenvalue weighted by molar-refractivity contribution is -0.202. The second-order valence-corrected chi connectivity index (χ2v) is 10.6. The average molecular weight is 604 g/mol. The van der Waals surface area contributed by atoms with Crippen LogP contribution < -0.4 is 16.0 Å². The molecule has 0 saturated heterocycles. The quantitative estimate of drug-likeness (QED) is 0.115. The van der Waals surface area contributed by atoms with Crippen molar-refractivity contribution in [2.75, 3.05) is 11.4 Å². The van der Waals surface area contributed by atoms with Crippen molar-refractivity contribution in [2.24, 2.45) is 5.73 Å². The number of anilines is 1. The maximum absolute atomic E-state index is 14.3. The molecule has 0 radical (unpaired) electrons. The highest BCUT2D eigenvalue weighted by atomic mass is 19.4. The van der Waals surface area contributed by atoms with Crippen LogP contribution in [0.3, 0.4) is 0 Å². The molecule has 0 spiro atoms. The molecule has 2 atom stereocenters. The number of nitrogens with two attached hydrogens (primary N) is 1. The third-order valence-electron chi connectivity index (χ3n) is 7.00. The Morgan fingerprint density at radius 1 is 1.05 bits per heavy atom. The fourth-order valence-electron chi connectivity index (χ4n) is 5.07. The molecule has 0 bridgehead atoms. The number of rotatable bonds is 11. The Balaban J connectivity index is 1.99. The third-order valence-corrected chi connectivity index (χ3v) is 7.00. The minimum atomic E-state index is -5.36. The highest BCUT2D eigenvalue weighted by Crippen LogP contribution is 2.38. The number of benzene rings is 2. The number of carbonyl (C=O) groups is 4. The number of hydrogen-bond donors (Lipinski definition) is 3. The first-order valence-corrected chi connectivity index (χ1v) is 14.0. The van der Waals surface area contributed by atoms with E-state index >= 15 is 0 Å². The molecule has 2 aromatic carbocycles. The van der Waals surface area contributed by atoms with Crippen molar-refractivity contribution < 1.29 is 37.1 Å². The molecule has 2 amide bonds. The molecule has 0 saturated carbocycles. The fraction of sp³-hybridized carbons (Fsp3) is 0.433. The van der Waals surface area contributed by atoms with Crippen LogP contribution in [0.1, 0.15) is 74.0 Å². The van der Waals surface area contributed by atoms with E-state index in [0.717, 1.165) is 24.8 Å². The van der Waals surface area contributed by atoms with E-state index in [0.29, 0.717) is 24.2 Å². The monoisotopic (exact) mass is 603 g/mol. The number of ether oxygens (including phenoxy) is 1. The molecule has 43 heavy (non-hydrogen) atoms. The lowest BCUT2D eigenvalue weighted by Gasteiger charge is -2.36. The Hall–Kier alpha value is -4.42. The molecule has 3 rings (SSSR count). The van der Waals surface area contributed by atoms with Gasteiger partial charge in [-0.25, -0.2) is 4.79 Å². The van der Waals surface area contributed by atoms with Crippen LogP contribution in [-0.4, -0.2) is 59.4 Å². The van der Waals surface area contributed by atoms with Crippen LogP contribution in [0.5, 0.6) is 0 Å². The summed E-state index contributed by atoms with van der Waals surface area (Å²) in [6, 6.07) is 11.0. The van der Waals surface area contributed by atoms with Crippen LogP contribution in [0.4, 0.5) is 18.9 Å². The number of unbranched alkanes of at least 4 members (excludes halogenated alkanes) is 2. The standard InChI is InChI=1S/C30H36F3N5O5/c1-18(2)37-23-14-13-20(10-6-5-9-15-36-29(34)35)17-22(23)26(40)38(25(27(37)41)21-11-7-4-8-12-21)19(3)16-24(39)43-28(42)30(31,32)33/h4,7-8,11-14,17-19,25H,5-6,9-10,15-16H2,1-3H3,(H4,34,35,36). The summed E-state index contributed by atoms with van der Waals surface area (Å²) < 4.78 is 42.1. The van der Waals surface area contributed by atoms with Crippen molar-refractivity contribution in [1.29, 1.82) is 5.41 Å². The van der Waals surface area contributed by atoms with Crippen molar-refractivity contribution >= 4 is 35.4 Å². The van der Waals surface area contributed by atoms with Crippen LogP contribution in [0.2, 0.25) is 0 Å². The zero-order valence-electron chi connectivity index (χ0n) is 24.2. The zero-order valence-corrected chi connectivity index (χ0v) is 24.2. The Labute approximate surface area is 247 Å². The van der Waals surface area contributed by atoms with E-state index in [1.165, 1.54) is 16.7 Å². The molecule has 10 nitrogen and oxygen atoms in total. The second-order valence-electron chi connectivity index (χ2n) is 10.6. The van der Waals surface area contributed by atoms with Gasteiger partial charge in [-0.3, -0.25) is 19.8 Å². The molecular weight excluding hydrogens is 567 g/mol. The maximum Gasteiger partial charge on any atom is 0.491 e. The van der Waals surface area contributed by atoms with E-state index in [-0.39, 0.29) is 17.6 Å². The summed E-state index contributed by atoms with van der Waals surface area (Å²) in [5.41, 5.74) is 7.17. The number of fused-ring (bicyclic) bond motifs is 1. The molecule has 13 heteroatoms. The van der Waals surface area contributed by atoms with Crippen molar-refractivity contribution in [1.82, 2.24) is 10.2 Å². The molecule has 0 fully saturated rings. The molecule has 232 valence electrons. The summed E-state index contributed by atoms with van der Waals surface area (Å²) in [5.74, 6) is -5.26. The number of hydrogen-bond acceptors (Lipinski definition) is 6. The summed E-state index contributed by atoms with van der Waals surface area (Å²) >= 11 is 0. The SMILES string of the molecule is CC(C)N1C(=O)C(c2ccccc2)N(C(C)CC(=O)OC(=O)C(F)(F)F)C(=O)c2cc(CCCCCNC(=N)N)ccc21. The van der Waals surface area contributed by atoms with Crippen LogP contribution in [0, 0.1) is 5.41 Å². The summed E-state index contributed by atoms with van der Waals surface area (Å²) in [6.45, 7) is 5.59. The number of nitrogens with zero attached hydrogens (tertiary/aromatic N) is 2. The summed E-state index contributed by atoms with van der Waals surface area (Å²) in [7, 11) is 0. The van der Waals surface area contributed by atoms with Crippen molar-refractivity contribution in [3.63, 3.8) is 0 Å². The van der Waals surface area contributed by atoms with Crippen molar-refractivity contribution in [2.45, 2.75) is 77.2 Å². The van der Waals surface area contributed by atoms with E-state index in [9.17, 15) is 32.3 Å². The maximum atomic E-state index is 14.3. The summed E-state index contributed by atoms with van der Waals surface area (Å²) in [4.78, 5) is 54.8. The third kappa shape index (κ3) is 8.33. The summed E-state index contributed by atoms with van der Waals surface area (Å²) in [6.07, 6.45) is -3.09. The number of alkyl halides is 3. The molecule has 0 aromatic heterocycles. The highest BCUT2D eigenvalue weighted by Gasteiger charge is 2.45. The molecule has 0 aliphatic carbocycles. The molecule has 4 N–H and O–H groups in total. The number of esters is 2. The van der Waals surface area contributed by atoms with Gasteiger partial charge in [0.25, 0.3) is 11.8 Å². The van der Waals surface area contributed by atoms with Crippen LogP contribution in [0.25, 0.3) is 0 Å². The number of halogens is 3. The van der Waals surface area contributed by atoms with Gasteiger partial charge in [-0.1, -0.05) is 42.8 Å². The largest absolute Gasteiger partial charge is 0.491 e. The number of guanidine groups is 1.